The molecule has 0 radical (unpaired) electrons. The Labute approximate surface area is 117 Å². The first-order valence-electron chi connectivity index (χ1n) is 7.80. The summed E-state index contributed by atoms with van der Waals surface area (Å²) in [7, 11) is 0. The maximum atomic E-state index is 12.0. The number of hydrogen-bond donors (Lipinski definition) is 0. The molecule has 0 aromatic heterocycles. The molecule has 2 fully saturated rings. The molecule has 2 rings (SSSR count). The summed E-state index contributed by atoms with van der Waals surface area (Å²) in [5.74, 6) is 2.30. The van der Waals surface area contributed by atoms with Gasteiger partial charge in [0, 0.05) is 12.5 Å². The molecule has 0 bridgehead atoms. The zero-order valence-electron chi connectivity index (χ0n) is 12.6. The van der Waals surface area contributed by atoms with Crippen molar-refractivity contribution in [2.75, 3.05) is 19.8 Å². The molecule has 1 aliphatic heterocycles. The third kappa shape index (κ3) is 4.03. The van der Waals surface area contributed by atoms with Crippen molar-refractivity contribution in [3.05, 3.63) is 0 Å². The van der Waals surface area contributed by atoms with Crippen molar-refractivity contribution < 1.29 is 14.3 Å². The highest BCUT2D eigenvalue weighted by Crippen LogP contribution is 2.35. The van der Waals surface area contributed by atoms with Gasteiger partial charge in [-0.15, -0.1) is 0 Å². The second-order valence-electron chi connectivity index (χ2n) is 6.70. The van der Waals surface area contributed by atoms with Crippen molar-refractivity contribution in [3.63, 3.8) is 0 Å². The molecule has 1 saturated carbocycles. The van der Waals surface area contributed by atoms with Gasteiger partial charge in [-0.25, -0.2) is 0 Å². The van der Waals surface area contributed by atoms with Crippen molar-refractivity contribution in [2.24, 2.45) is 23.7 Å². The first-order chi connectivity index (χ1) is 9.08. The zero-order chi connectivity index (χ0) is 13.8. The lowest BCUT2D eigenvalue weighted by Gasteiger charge is -2.37. The Bertz CT molecular complexity index is 294. The Balaban J connectivity index is 1.82. The predicted octanol–water partition coefficient (Wildman–Crippen LogP) is 3.07. The van der Waals surface area contributed by atoms with Gasteiger partial charge >= 0.3 is 0 Å². The summed E-state index contributed by atoms with van der Waals surface area (Å²) in [5.41, 5.74) is 0. The SMILES string of the molecule is CC1CCC(C(C)C)C(OCC(=O)C2CCOC2)C1. The van der Waals surface area contributed by atoms with E-state index in [4.69, 9.17) is 9.47 Å². The van der Waals surface area contributed by atoms with E-state index in [-0.39, 0.29) is 24.4 Å². The van der Waals surface area contributed by atoms with Crippen LogP contribution in [0.25, 0.3) is 0 Å². The molecular formula is C16H28O3. The van der Waals surface area contributed by atoms with E-state index in [0.29, 0.717) is 18.4 Å². The van der Waals surface area contributed by atoms with Crippen LogP contribution in [-0.4, -0.2) is 31.7 Å². The summed E-state index contributed by atoms with van der Waals surface area (Å²) in [5, 5.41) is 0. The maximum Gasteiger partial charge on any atom is 0.163 e. The Morgan fingerprint density at radius 3 is 2.74 bits per heavy atom. The van der Waals surface area contributed by atoms with Crippen molar-refractivity contribution in [1.82, 2.24) is 0 Å². The molecule has 0 N–H and O–H groups in total. The fraction of sp³-hybridized carbons (Fsp3) is 0.938. The van der Waals surface area contributed by atoms with Crippen LogP contribution < -0.4 is 0 Å². The molecule has 0 spiro atoms. The Hall–Kier alpha value is -0.410. The van der Waals surface area contributed by atoms with E-state index in [2.05, 4.69) is 20.8 Å². The average molecular weight is 268 g/mol. The van der Waals surface area contributed by atoms with Crippen molar-refractivity contribution in [1.29, 1.82) is 0 Å². The molecule has 1 saturated heterocycles. The van der Waals surface area contributed by atoms with Crippen molar-refractivity contribution in [3.8, 4) is 0 Å². The highest BCUT2D eigenvalue weighted by atomic mass is 16.5. The Kier molecular flexibility index (Phi) is 5.40. The number of ether oxygens (including phenoxy) is 2. The van der Waals surface area contributed by atoms with E-state index in [1.807, 2.05) is 0 Å². The summed E-state index contributed by atoms with van der Waals surface area (Å²) in [6, 6.07) is 0. The second-order valence-corrected chi connectivity index (χ2v) is 6.70. The summed E-state index contributed by atoms with van der Waals surface area (Å²) in [6.07, 6.45) is 4.79. The number of carbonyl (C=O) groups excluding carboxylic acids is 1. The molecule has 4 unspecified atom stereocenters. The van der Waals surface area contributed by atoms with Gasteiger partial charge in [-0.05, 0) is 37.0 Å². The molecule has 3 nitrogen and oxygen atoms in total. The van der Waals surface area contributed by atoms with Gasteiger partial charge in [-0.3, -0.25) is 4.79 Å². The maximum absolute atomic E-state index is 12.0. The number of carbonyl (C=O) groups is 1. The van der Waals surface area contributed by atoms with Gasteiger partial charge in [0.2, 0.25) is 0 Å². The highest BCUT2D eigenvalue weighted by Gasteiger charge is 2.32. The lowest BCUT2D eigenvalue weighted by Crippen LogP contribution is -2.36. The van der Waals surface area contributed by atoms with Gasteiger partial charge in [0.15, 0.2) is 5.78 Å². The minimum absolute atomic E-state index is 0.0820. The van der Waals surface area contributed by atoms with Crippen LogP contribution in [0, 0.1) is 23.7 Å². The van der Waals surface area contributed by atoms with Gasteiger partial charge < -0.3 is 9.47 Å². The highest BCUT2D eigenvalue weighted by molar-refractivity contribution is 5.82. The summed E-state index contributed by atoms with van der Waals surface area (Å²) in [4.78, 5) is 12.0. The molecule has 0 amide bonds. The summed E-state index contributed by atoms with van der Waals surface area (Å²) >= 11 is 0. The number of ketones is 1. The number of rotatable bonds is 5. The molecule has 110 valence electrons. The van der Waals surface area contributed by atoms with E-state index in [0.717, 1.165) is 25.4 Å². The summed E-state index contributed by atoms with van der Waals surface area (Å²) < 4.78 is 11.3. The predicted molar refractivity (Wildman–Crippen MR) is 75.0 cm³/mol. The van der Waals surface area contributed by atoms with Crippen LogP contribution >= 0.6 is 0 Å². The number of Topliss-reactive ketones (excluding diaryl/α,β-unsaturated/α-hetero) is 1. The Morgan fingerprint density at radius 1 is 1.32 bits per heavy atom. The van der Waals surface area contributed by atoms with E-state index in [1.54, 1.807) is 0 Å². The van der Waals surface area contributed by atoms with E-state index in [1.165, 1.54) is 12.8 Å². The van der Waals surface area contributed by atoms with Gasteiger partial charge in [0.05, 0.1) is 12.7 Å². The van der Waals surface area contributed by atoms with Crippen LogP contribution in [0.4, 0.5) is 0 Å². The monoisotopic (exact) mass is 268 g/mol. The average Bonchev–Trinajstić information content (AvgIpc) is 2.89. The smallest absolute Gasteiger partial charge is 0.163 e. The molecule has 0 aromatic carbocycles. The van der Waals surface area contributed by atoms with Crippen LogP contribution in [0.5, 0.6) is 0 Å². The molecule has 2 aliphatic rings. The third-order valence-corrected chi connectivity index (χ3v) is 4.79. The first-order valence-corrected chi connectivity index (χ1v) is 7.80. The largest absolute Gasteiger partial charge is 0.381 e. The van der Waals surface area contributed by atoms with Crippen molar-refractivity contribution in [2.45, 2.75) is 52.6 Å². The molecule has 0 aromatic rings. The number of hydrogen-bond acceptors (Lipinski definition) is 3. The summed E-state index contributed by atoms with van der Waals surface area (Å²) in [6.45, 7) is 8.43. The lowest BCUT2D eigenvalue weighted by molar-refractivity contribution is -0.133. The minimum atomic E-state index is 0.0820. The Morgan fingerprint density at radius 2 is 2.11 bits per heavy atom. The first kappa shape index (κ1) is 15.0. The van der Waals surface area contributed by atoms with Gasteiger partial charge in [0.25, 0.3) is 0 Å². The third-order valence-electron chi connectivity index (χ3n) is 4.79. The van der Waals surface area contributed by atoms with Crippen LogP contribution in [-0.2, 0) is 14.3 Å². The van der Waals surface area contributed by atoms with Crippen LogP contribution in [0.15, 0.2) is 0 Å². The normalized spacial score (nSPS) is 35.8. The van der Waals surface area contributed by atoms with Crippen LogP contribution in [0.1, 0.15) is 46.5 Å². The molecular weight excluding hydrogens is 240 g/mol. The van der Waals surface area contributed by atoms with E-state index >= 15 is 0 Å². The minimum Gasteiger partial charge on any atom is -0.381 e. The molecule has 1 aliphatic carbocycles. The second kappa shape index (κ2) is 6.85. The lowest BCUT2D eigenvalue weighted by atomic mass is 9.75. The molecule has 19 heavy (non-hydrogen) atoms. The molecule has 1 heterocycles. The molecule has 3 heteroatoms. The topological polar surface area (TPSA) is 35.5 Å². The zero-order valence-corrected chi connectivity index (χ0v) is 12.6. The fourth-order valence-electron chi connectivity index (χ4n) is 3.40. The quantitative estimate of drug-likeness (QED) is 0.768. The van der Waals surface area contributed by atoms with Crippen LogP contribution in [0.2, 0.25) is 0 Å². The van der Waals surface area contributed by atoms with Gasteiger partial charge in [-0.2, -0.15) is 0 Å². The fourth-order valence-corrected chi connectivity index (χ4v) is 3.40. The van der Waals surface area contributed by atoms with Crippen molar-refractivity contribution >= 4 is 5.78 Å². The van der Waals surface area contributed by atoms with E-state index in [9.17, 15) is 4.79 Å². The van der Waals surface area contributed by atoms with Gasteiger partial charge in [-0.1, -0.05) is 27.2 Å². The molecule has 4 atom stereocenters. The van der Waals surface area contributed by atoms with Gasteiger partial charge in [0.1, 0.15) is 6.61 Å². The van der Waals surface area contributed by atoms with E-state index < -0.39 is 0 Å². The van der Waals surface area contributed by atoms with Crippen LogP contribution in [0.3, 0.4) is 0 Å². The standard InChI is InChI=1S/C16H28O3/c1-11(2)14-5-4-12(3)8-16(14)19-10-15(17)13-6-7-18-9-13/h11-14,16H,4-10H2,1-3H3.